The van der Waals surface area contributed by atoms with Crippen molar-refractivity contribution in [2.45, 2.75) is 329 Å². The average molecular weight is 982 g/mol. The summed E-state index contributed by atoms with van der Waals surface area (Å²) in [6.45, 7) is 6.63. The third-order valence-corrected chi connectivity index (χ3v) is 13.6. The number of hydrogen-bond donors (Lipinski definition) is 0. The van der Waals surface area contributed by atoms with E-state index in [9.17, 15) is 14.4 Å². The fourth-order valence-electron chi connectivity index (χ4n) is 8.92. The molecule has 0 heterocycles. The predicted molar refractivity (Wildman–Crippen MR) is 302 cm³/mol. The summed E-state index contributed by atoms with van der Waals surface area (Å²) in [5.41, 5.74) is 0. The summed E-state index contributed by atoms with van der Waals surface area (Å²) in [6, 6.07) is 0. The molecule has 70 heavy (non-hydrogen) atoms. The molecule has 0 aromatic heterocycles. The van der Waals surface area contributed by atoms with Crippen molar-refractivity contribution in [2.24, 2.45) is 0 Å². The van der Waals surface area contributed by atoms with Crippen molar-refractivity contribution >= 4 is 17.9 Å². The Hall–Kier alpha value is -2.63. The first-order chi connectivity index (χ1) is 34.5. The Morgan fingerprint density at radius 3 is 0.829 bits per heavy atom. The first-order valence-electron chi connectivity index (χ1n) is 30.6. The number of rotatable bonds is 56. The van der Waals surface area contributed by atoms with Gasteiger partial charge < -0.3 is 14.2 Å². The van der Waals surface area contributed by atoms with Crippen molar-refractivity contribution in [2.75, 3.05) is 13.2 Å². The number of allylic oxidation sites excluding steroid dienone is 8. The highest BCUT2D eigenvalue weighted by molar-refractivity contribution is 5.71. The van der Waals surface area contributed by atoms with E-state index in [4.69, 9.17) is 14.2 Å². The van der Waals surface area contributed by atoms with Gasteiger partial charge in [0.25, 0.3) is 0 Å². The van der Waals surface area contributed by atoms with Gasteiger partial charge >= 0.3 is 17.9 Å². The second kappa shape index (κ2) is 58.9. The molecule has 0 fully saturated rings. The van der Waals surface area contributed by atoms with Gasteiger partial charge in [0.05, 0.1) is 0 Å². The van der Waals surface area contributed by atoms with E-state index >= 15 is 0 Å². The Kier molecular flexibility index (Phi) is 56.7. The van der Waals surface area contributed by atoms with Gasteiger partial charge in [0, 0.05) is 19.3 Å². The van der Waals surface area contributed by atoms with Gasteiger partial charge in [0.2, 0.25) is 0 Å². The highest BCUT2D eigenvalue weighted by Crippen LogP contribution is 2.17. The Labute approximate surface area is 435 Å². The van der Waals surface area contributed by atoms with Crippen LogP contribution in [0.1, 0.15) is 323 Å². The van der Waals surface area contributed by atoms with E-state index in [2.05, 4.69) is 69.4 Å². The van der Waals surface area contributed by atoms with Gasteiger partial charge in [-0.05, 0) is 83.5 Å². The summed E-state index contributed by atoms with van der Waals surface area (Å²) in [5.74, 6) is -0.868. The molecule has 0 amide bonds. The molecule has 0 aliphatic heterocycles. The van der Waals surface area contributed by atoms with Gasteiger partial charge in [-0.25, -0.2) is 0 Å². The summed E-state index contributed by atoms with van der Waals surface area (Å²) in [4.78, 5) is 38.3. The fourth-order valence-corrected chi connectivity index (χ4v) is 8.92. The minimum atomic E-state index is -0.777. The van der Waals surface area contributed by atoms with E-state index in [1.54, 1.807) is 0 Å². The third kappa shape index (κ3) is 56.3. The summed E-state index contributed by atoms with van der Waals surface area (Å²) in [5, 5.41) is 0. The molecular formula is C64H116O6. The SMILES string of the molecule is CCCCC/C=C\C/C=C\CCCCCCCCCCCC(=O)OCC(COC(=O)CCCCCCCCCCCCCCCCC)OC(=O)CCCCCCCCC/C=C\C/C=C\CCCCCC. The lowest BCUT2D eigenvalue weighted by molar-refractivity contribution is -0.167. The second-order valence-corrected chi connectivity index (χ2v) is 20.6. The van der Waals surface area contributed by atoms with Crippen LogP contribution in [0.2, 0.25) is 0 Å². The van der Waals surface area contributed by atoms with Crippen LogP contribution in [0.4, 0.5) is 0 Å². The molecule has 0 rings (SSSR count). The van der Waals surface area contributed by atoms with Gasteiger partial charge in [-0.2, -0.15) is 0 Å². The lowest BCUT2D eigenvalue weighted by atomic mass is 10.0. The standard InChI is InChI=1S/C64H116O6/c1-4-7-10-13-16-19-22-25-28-30-32-34-36-39-42-45-48-51-54-57-63(66)69-60-61(59-68-62(65)56-53-50-47-44-41-38-35-27-24-21-18-15-12-9-6-3)70-64(67)58-55-52-49-46-43-40-37-33-31-29-26-23-20-17-14-11-8-5-2/h16,19-20,23,25,28-29,31,61H,4-15,17-18,21-22,24,26-27,30,32-60H2,1-3H3/b19-16-,23-20-,28-25-,31-29-. The Morgan fingerprint density at radius 1 is 0.286 bits per heavy atom. The quantitative estimate of drug-likeness (QED) is 0.0261. The van der Waals surface area contributed by atoms with Crippen LogP contribution in [0.15, 0.2) is 48.6 Å². The number of hydrogen-bond acceptors (Lipinski definition) is 6. The number of esters is 3. The second-order valence-electron chi connectivity index (χ2n) is 20.6. The molecule has 1 atom stereocenters. The smallest absolute Gasteiger partial charge is 0.306 e. The Morgan fingerprint density at radius 2 is 0.514 bits per heavy atom. The third-order valence-electron chi connectivity index (χ3n) is 13.6. The van der Waals surface area contributed by atoms with Crippen LogP contribution in [-0.2, 0) is 28.6 Å². The van der Waals surface area contributed by atoms with E-state index in [1.165, 1.54) is 205 Å². The number of carbonyl (C=O) groups is 3. The maximum atomic E-state index is 12.9. The van der Waals surface area contributed by atoms with Crippen molar-refractivity contribution < 1.29 is 28.6 Å². The van der Waals surface area contributed by atoms with Crippen LogP contribution in [0.3, 0.4) is 0 Å². The molecule has 0 aliphatic carbocycles. The van der Waals surface area contributed by atoms with Gasteiger partial charge in [0.1, 0.15) is 13.2 Å². The molecular weight excluding hydrogens is 865 g/mol. The molecule has 0 aliphatic rings. The largest absolute Gasteiger partial charge is 0.462 e. The van der Waals surface area contributed by atoms with E-state index in [-0.39, 0.29) is 31.1 Å². The maximum Gasteiger partial charge on any atom is 0.306 e. The van der Waals surface area contributed by atoms with Gasteiger partial charge in [0.15, 0.2) is 6.10 Å². The summed E-state index contributed by atoms with van der Waals surface area (Å²) < 4.78 is 16.9. The molecule has 6 heteroatoms. The zero-order valence-corrected chi connectivity index (χ0v) is 46.8. The fraction of sp³-hybridized carbons (Fsp3) is 0.828. The van der Waals surface area contributed by atoms with Crippen molar-refractivity contribution in [3.63, 3.8) is 0 Å². The van der Waals surface area contributed by atoms with Crippen LogP contribution in [-0.4, -0.2) is 37.2 Å². The Bertz CT molecular complexity index is 1220. The van der Waals surface area contributed by atoms with E-state index in [0.717, 1.165) is 77.0 Å². The topological polar surface area (TPSA) is 78.9 Å². The lowest BCUT2D eigenvalue weighted by Crippen LogP contribution is -2.30. The van der Waals surface area contributed by atoms with Crippen LogP contribution >= 0.6 is 0 Å². The zero-order valence-electron chi connectivity index (χ0n) is 46.8. The summed E-state index contributed by atoms with van der Waals surface area (Å²) >= 11 is 0. The van der Waals surface area contributed by atoms with Gasteiger partial charge in [-0.3, -0.25) is 14.4 Å². The molecule has 0 saturated carbocycles. The predicted octanol–water partition coefficient (Wildman–Crippen LogP) is 20.6. The highest BCUT2D eigenvalue weighted by atomic mass is 16.6. The van der Waals surface area contributed by atoms with Crippen LogP contribution < -0.4 is 0 Å². The lowest BCUT2D eigenvalue weighted by Gasteiger charge is -2.18. The molecule has 1 unspecified atom stereocenters. The molecule has 0 aromatic rings. The minimum absolute atomic E-state index is 0.0742. The highest BCUT2D eigenvalue weighted by Gasteiger charge is 2.19. The molecule has 0 N–H and O–H groups in total. The normalized spacial score (nSPS) is 12.3. The van der Waals surface area contributed by atoms with Crippen molar-refractivity contribution in [1.29, 1.82) is 0 Å². The number of ether oxygens (including phenoxy) is 3. The van der Waals surface area contributed by atoms with Crippen LogP contribution in [0, 0.1) is 0 Å². The molecule has 408 valence electrons. The van der Waals surface area contributed by atoms with E-state index in [0.29, 0.717) is 19.3 Å². The molecule has 0 saturated heterocycles. The average Bonchev–Trinajstić information content (AvgIpc) is 3.36. The number of unbranched alkanes of at least 4 members (excludes halogenated alkanes) is 37. The zero-order chi connectivity index (χ0) is 50.7. The van der Waals surface area contributed by atoms with Crippen molar-refractivity contribution in [3.8, 4) is 0 Å². The molecule has 0 spiro atoms. The van der Waals surface area contributed by atoms with Crippen molar-refractivity contribution in [1.82, 2.24) is 0 Å². The van der Waals surface area contributed by atoms with Crippen LogP contribution in [0.25, 0.3) is 0 Å². The van der Waals surface area contributed by atoms with E-state index in [1.807, 2.05) is 0 Å². The summed E-state index contributed by atoms with van der Waals surface area (Å²) in [6.07, 6.45) is 72.4. The monoisotopic (exact) mass is 981 g/mol. The molecule has 0 aromatic carbocycles. The number of carbonyl (C=O) groups excluding carboxylic acids is 3. The molecule has 6 nitrogen and oxygen atoms in total. The van der Waals surface area contributed by atoms with Crippen molar-refractivity contribution in [3.05, 3.63) is 48.6 Å². The summed E-state index contributed by atoms with van der Waals surface area (Å²) in [7, 11) is 0. The van der Waals surface area contributed by atoms with Gasteiger partial charge in [-0.1, -0.05) is 268 Å². The van der Waals surface area contributed by atoms with Crippen LogP contribution in [0.5, 0.6) is 0 Å². The minimum Gasteiger partial charge on any atom is -0.462 e. The molecule has 0 bridgehead atoms. The molecule has 0 radical (unpaired) electrons. The van der Waals surface area contributed by atoms with Gasteiger partial charge in [-0.15, -0.1) is 0 Å². The Balaban J connectivity index is 4.36. The first-order valence-corrected chi connectivity index (χ1v) is 30.6. The maximum absolute atomic E-state index is 12.9. The van der Waals surface area contributed by atoms with E-state index < -0.39 is 6.10 Å². The first kappa shape index (κ1) is 67.4.